The second-order valence-electron chi connectivity index (χ2n) is 10.8. The number of alkyl carbamates (subject to hydrolysis) is 1. The number of hydrogen-bond donors (Lipinski definition) is 4. The molecule has 3 amide bonds. The van der Waals surface area contributed by atoms with Crippen LogP contribution >= 0.6 is 11.6 Å². The molecule has 0 aromatic heterocycles. The summed E-state index contributed by atoms with van der Waals surface area (Å²) in [5.74, 6) is -0.311. The first-order chi connectivity index (χ1) is 18.3. The quantitative estimate of drug-likeness (QED) is 0.295. The van der Waals surface area contributed by atoms with Crippen LogP contribution in [0.1, 0.15) is 69.8 Å². The van der Waals surface area contributed by atoms with E-state index in [2.05, 4.69) is 20.7 Å². The van der Waals surface area contributed by atoms with Gasteiger partial charge in [0, 0.05) is 43.7 Å². The van der Waals surface area contributed by atoms with E-state index in [4.69, 9.17) is 11.6 Å². The standard InChI is InChI=1S/C28H44ClFN4O4/c1-31-18-22(17-20-9-4-3-5-10-20)33-26(35)34-16-7-11-21(19-34)28(37,14-8-15-32-27(36)38-2)23-12-6-13-24(30)25(23)29/h6,12-13,20-22,31,37H,3-5,7-11,14-19H2,1-2H3,(H,32,36)(H,33,35)/t21-,22+,28+/m1/s1. The zero-order valence-corrected chi connectivity index (χ0v) is 23.5. The normalized spacial score (nSPS) is 20.9. The van der Waals surface area contributed by atoms with Crippen molar-refractivity contribution in [2.24, 2.45) is 11.8 Å². The third-order valence-electron chi connectivity index (χ3n) is 8.11. The maximum Gasteiger partial charge on any atom is 0.406 e. The van der Waals surface area contributed by atoms with Crippen LogP contribution in [0, 0.1) is 17.7 Å². The molecular weight excluding hydrogens is 511 g/mol. The molecule has 38 heavy (non-hydrogen) atoms. The third-order valence-corrected chi connectivity index (χ3v) is 8.50. The largest absolute Gasteiger partial charge is 0.453 e. The van der Waals surface area contributed by atoms with Gasteiger partial charge in [-0.25, -0.2) is 14.0 Å². The highest BCUT2D eigenvalue weighted by Crippen LogP contribution is 2.42. The third kappa shape index (κ3) is 8.20. The second kappa shape index (κ2) is 14.9. The Morgan fingerprint density at radius 3 is 2.71 bits per heavy atom. The zero-order chi connectivity index (χ0) is 27.5. The number of aliphatic hydroxyl groups is 1. The van der Waals surface area contributed by atoms with Crippen molar-refractivity contribution < 1.29 is 23.8 Å². The number of hydrogen-bond acceptors (Lipinski definition) is 5. The van der Waals surface area contributed by atoms with E-state index in [9.17, 15) is 19.1 Å². The summed E-state index contributed by atoms with van der Waals surface area (Å²) in [5.41, 5.74) is -1.16. The SMILES string of the molecule is CNC[C@H](CC1CCCCC1)NC(=O)N1CCC[C@@H]([C@@](O)(CCCNC(=O)OC)c2cccc(F)c2Cl)C1. The Bertz CT molecular complexity index is 917. The summed E-state index contributed by atoms with van der Waals surface area (Å²) in [6.07, 6.45) is 8.70. The minimum absolute atomic E-state index is 0.0388. The molecule has 1 aliphatic carbocycles. The Kier molecular flexibility index (Phi) is 11.9. The van der Waals surface area contributed by atoms with Crippen LogP contribution in [0.5, 0.6) is 0 Å². The lowest BCUT2D eigenvalue weighted by atomic mass is 9.74. The van der Waals surface area contributed by atoms with Crippen molar-refractivity contribution in [1.82, 2.24) is 20.9 Å². The van der Waals surface area contributed by atoms with E-state index in [1.165, 1.54) is 51.3 Å². The number of likely N-dealkylation sites (N-methyl/N-ethyl adjacent to an activating group) is 1. The molecule has 2 fully saturated rings. The summed E-state index contributed by atoms with van der Waals surface area (Å²) >= 11 is 6.35. The number of nitrogens with one attached hydrogen (secondary N) is 3. The lowest BCUT2D eigenvalue weighted by Crippen LogP contribution is -2.54. The van der Waals surface area contributed by atoms with Gasteiger partial charge < -0.3 is 30.7 Å². The fourth-order valence-corrected chi connectivity index (χ4v) is 6.39. The Labute approximate surface area is 231 Å². The molecule has 3 atom stereocenters. The summed E-state index contributed by atoms with van der Waals surface area (Å²) in [5, 5.41) is 21.0. The molecule has 10 heteroatoms. The summed E-state index contributed by atoms with van der Waals surface area (Å²) in [4.78, 5) is 26.6. The highest BCUT2D eigenvalue weighted by Gasteiger charge is 2.43. The number of rotatable bonds is 11. The Hall–Kier alpha value is -2.10. The number of urea groups is 1. The topological polar surface area (TPSA) is 103 Å². The minimum Gasteiger partial charge on any atom is -0.453 e. The molecule has 1 heterocycles. The number of piperidine rings is 1. The smallest absolute Gasteiger partial charge is 0.406 e. The summed E-state index contributed by atoms with van der Waals surface area (Å²) < 4.78 is 19.0. The summed E-state index contributed by atoms with van der Waals surface area (Å²) in [6.45, 7) is 1.91. The van der Waals surface area contributed by atoms with Gasteiger partial charge in [0.1, 0.15) is 5.82 Å². The van der Waals surface area contributed by atoms with Crippen LogP contribution in [0.3, 0.4) is 0 Å². The fraction of sp³-hybridized carbons (Fsp3) is 0.714. The van der Waals surface area contributed by atoms with Crippen LogP contribution in [0.4, 0.5) is 14.0 Å². The van der Waals surface area contributed by atoms with Crippen LogP contribution in [-0.2, 0) is 10.3 Å². The number of ether oxygens (including phenoxy) is 1. The van der Waals surface area contributed by atoms with Crippen molar-refractivity contribution in [2.75, 3.05) is 40.3 Å². The van der Waals surface area contributed by atoms with Gasteiger partial charge in [-0.15, -0.1) is 0 Å². The van der Waals surface area contributed by atoms with Gasteiger partial charge in [0.05, 0.1) is 17.7 Å². The van der Waals surface area contributed by atoms with E-state index in [1.807, 2.05) is 7.05 Å². The molecule has 214 valence electrons. The molecule has 0 radical (unpaired) electrons. The van der Waals surface area contributed by atoms with Crippen LogP contribution in [-0.4, -0.2) is 68.5 Å². The van der Waals surface area contributed by atoms with Crippen LogP contribution < -0.4 is 16.0 Å². The van der Waals surface area contributed by atoms with Crippen LogP contribution in [0.25, 0.3) is 0 Å². The molecule has 2 aliphatic rings. The number of carbonyl (C=O) groups excluding carboxylic acids is 2. The monoisotopic (exact) mass is 554 g/mol. The van der Waals surface area contributed by atoms with Gasteiger partial charge in [0.15, 0.2) is 0 Å². The summed E-state index contributed by atoms with van der Waals surface area (Å²) in [7, 11) is 3.19. The highest BCUT2D eigenvalue weighted by atomic mass is 35.5. The molecule has 0 spiro atoms. The zero-order valence-electron chi connectivity index (χ0n) is 22.7. The molecule has 1 aromatic rings. The van der Waals surface area contributed by atoms with E-state index in [1.54, 1.807) is 11.0 Å². The first-order valence-electron chi connectivity index (χ1n) is 14.0. The fourth-order valence-electron chi connectivity index (χ4n) is 6.10. The van der Waals surface area contributed by atoms with Gasteiger partial charge in [-0.1, -0.05) is 55.8 Å². The number of benzene rings is 1. The van der Waals surface area contributed by atoms with Gasteiger partial charge in [-0.3, -0.25) is 0 Å². The molecule has 1 aromatic carbocycles. The Balaban J connectivity index is 1.72. The molecule has 1 saturated heterocycles. The molecule has 1 saturated carbocycles. The molecule has 0 bridgehead atoms. The number of nitrogens with zero attached hydrogens (tertiary/aromatic N) is 1. The van der Waals surface area contributed by atoms with Crippen molar-refractivity contribution in [3.05, 3.63) is 34.6 Å². The van der Waals surface area contributed by atoms with Crippen molar-refractivity contribution in [1.29, 1.82) is 0 Å². The lowest BCUT2D eigenvalue weighted by molar-refractivity contribution is -0.0553. The average Bonchev–Trinajstić information content (AvgIpc) is 2.93. The lowest BCUT2D eigenvalue weighted by Gasteiger charge is -2.43. The van der Waals surface area contributed by atoms with Gasteiger partial charge in [-0.05, 0) is 51.1 Å². The van der Waals surface area contributed by atoms with Gasteiger partial charge in [0.2, 0.25) is 0 Å². The summed E-state index contributed by atoms with van der Waals surface area (Å²) in [6, 6.07) is 4.35. The van der Waals surface area contributed by atoms with Crippen molar-refractivity contribution in [3.8, 4) is 0 Å². The van der Waals surface area contributed by atoms with Crippen LogP contribution in [0.15, 0.2) is 18.2 Å². The molecule has 4 N–H and O–H groups in total. The van der Waals surface area contributed by atoms with Crippen LogP contribution in [0.2, 0.25) is 5.02 Å². The minimum atomic E-state index is -1.47. The average molecular weight is 555 g/mol. The van der Waals surface area contributed by atoms with Gasteiger partial charge in [0.25, 0.3) is 0 Å². The Morgan fingerprint density at radius 2 is 2.00 bits per heavy atom. The predicted octanol–water partition coefficient (Wildman–Crippen LogP) is 4.78. The maximum absolute atomic E-state index is 14.4. The van der Waals surface area contributed by atoms with E-state index in [0.717, 1.165) is 6.42 Å². The predicted molar refractivity (Wildman–Crippen MR) is 147 cm³/mol. The molecule has 0 unspecified atom stereocenters. The van der Waals surface area contributed by atoms with Crippen molar-refractivity contribution >= 4 is 23.7 Å². The van der Waals surface area contributed by atoms with E-state index >= 15 is 0 Å². The molecular formula is C28H44ClFN4O4. The van der Waals surface area contributed by atoms with Gasteiger partial charge in [-0.2, -0.15) is 0 Å². The number of carbonyl (C=O) groups is 2. The van der Waals surface area contributed by atoms with E-state index in [0.29, 0.717) is 50.4 Å². The molecule has 8 nitrogen and oxygen atoms in total. The molecule has 1 aliphatic heterocycles. The second-order valence-corrected chi connectivity index (χ2v) is 11.2. The number of likely N-dealkylation sites (tertiary alicyclic amines) is 1. The number of methoxy groups -OCH3 is 1. The first kappa shape index (κ1) is 30.4. The van der Waals surface area contributed by atoms with Crippen molar-refractivity contribution in [3.63, 3.8) is 0 Å². The maximum atomic E-state index is 14.4. The number of amides is 3. The van der Waals surface area contributed by atoms with E-state index < -0.39 is 17.5 Å². The molecule has 3 rings (SSSR count). The van der Waals surface area contributed by atoms with Crippen molar-refractivity contribution in [2.45, 2.75) is 75.9 Å². The Morgan fingerprint density at radius 1 is 1.24 bits per heavy atom. The highest BCUT2D eigenvalue weighted by molar-refractivity contribution is 6.31. The first-order valence-corrected chi connectivity index (χ1v) is 14.3. The van der Waals surface area contributed by atoms with Gasteiger partial charge >= 0.3 is 12.1 Å². The van der Waals surface area contributed by atoms with E-state index in [-0.39, 0.29) is 36.0 Å². The number of halogens is 2.